The quantitative estimate of drug-likeness (QED) is 0.125. The SMILES string of the molecule is Cc1cc2c3c(c1)N(c1ccc4c5c1C(C)(C)C1C(C)CC6CC7C6C1C57c1ccccc1-4)c1ccc(CSc4ccccc4)cc1B3c1ccc(C(C)(C)C)cc1N2c1cccc(C(C)(C)C)c1. The predicted octanol–water partition coefficient (Wildman–Crippen LogP) is 15.1. The highest BCUT2D eigenvalue weighted by Gasteiger charge is 2.79. The summed E-state index contributed by atoms with van der Waals surface area (Å²) in [5, 5.41) is 0. The van der Waals surface area contributed by atoms with Gasteiger partial charge in [-0.05, 0) is 193 Å². The molecule has 1 spiro atoms. The lowest BCUT2D eigenvalue weighted by atomic mass is 9.24. The Hall–Kier alpha value is -5.45. The molecule has 69 heavy (non-hydrogen) atoms. The van der Waals surface area contributed by atoms with Crippen LogP contribution in [0.3, 0.4) is 0 Å². The number of rotatable bonds is 5. The molecule has 3 saturated carbocycles. The summed E-state index contributed by atoms with van der Waals surface area (Å²) < 4.78 is 0. The van der Waals surface area contributed by atoms with Crippen molar-refractivity contribution in [1.29, 1.82) is 0 Å². The van der Waals surface area contributed by atoms with Gasteiger partial charge >= 0.3 is 0 Å². The summed E-state index contributed by atoms with van der Waals surface area (Å²) in [6.45, 7) is 24.5. The molecule has 7 atom stereocenters. The molecule has 0 saturated heterocycles. The maximum absolute atomic E-state index is 2.80. The normalized spacial score (nSPS) is 25.6. The van der Waals surface area contributed by atoms with Crippen LogP contribution in [0.5, 0.6) is 0 Å². The summed E-state index contributed by atoms with van der Waals surface area (Å²) in [5.41, 5.74) is 25.6. The molecular formula is C65H65BN2S. The largest absolute Gasteiger partial charge is 0.311 e. The van der Waals surface area contributed by atoms with Gasteiger partial charge in [-0.25, -0.2) is 0 Å². The van der Waals surface area contributed by atoms with Gasteiger partial charge < -0.3 is 9.80 Å². The maximum atomic E-state index is 2.80. The van der Waals surface area contributed by atoms with E-state index in [0.29, 0.717) is 17.8 Å². The third-order valence-corrected chi connectivity index (χ3v) is 20.1. The molecule has 5 aliphatic carbocycles. The Morgan fingerprint density at radius 1 is 0.609 bits per heavy atom. The van der Waals surface area contributed by atoms with Gasteiger partial charge in [0.1, 0.15) is 0 Å². The molecule has 0 aromatic heterocycles. The lowest BCUT2D eigenvalue weighted by molar-refractivity contribution is -0.239. The van der Waals surface area contributed by atoms with Gasteiger partial charge in [0.15, 0.2) is 0 Å². The van der Waals surface area contributed by atoms with E-state index in [0.717, 1.165) is 23.5 Å². The summed E-state index contributed by atoms with van der Waals surface area (Å²) in [4.78, 5) is 6.76. The van der Waals surface area contributed by atoms with Gasteiger partial charge in [-0.2, -0.15) is 0 Å². The number of thioether (sulfide) groups is 1. The molecule has 14 rings (SSSR count). The van der Waals surface area contributed by atoms with Gasteiger partial charge in [0, 0.05) is 44.5 Å². The van der Waals surface area contributed by atoms with E-state index in [9.17, 15) is 0 Å². The Morgan fingerprint density at radius 3 is 2.12 bits per heavy atom. The van der Waals surface area contributed by atoms with Crippen molar-refractivity contribution in [3.63, 3.8) is 0 Å². The van der Waals surface area contributed by atoms with Crippen molar-refractivity contribution >= 4 is 69.0 Å². The van der Waals surface area contributed by atoms with Gasteiger partial charge in [0.2, 0.25) is 0 Å². The van der Waals surface area contributed by atoms with Crippen molar-refractivity contribution < 1.29 is 0 Å². The standard InChI is InChI=1S/C65H65BN2S/c1-37-29-54-61-55(30-37)68(52-28-25-46-45-21-14-15-22-47(45)65-48-33-40-31-38(2)57(60(65)56(40)48)64(9,10)59(52)58(46)65)51-27-23-39(36-69-44-19-12-11-13-20-44)32-50(51)66(61)49-26-24-42(63(6,7)8)35-53(49)67(54)43-18-16-17-41(34-43)62(3,4)5/h11-30,32,34-35,38,40,48,56-57,60H,31,33,36H2,1-10H3. The smallest absolute Gasteiger partial charge is 0.252 e. The van der Waals surface area contributed by atoms with Gasteiger partial charge in [0.05, 0.1) is 5.69 Å². The Morgan fingerprint density at radius 2 is 1.33 bits per heavy atom. The van der Waals surface area contributed by atoms with Crippen LogP contribution >= 0.6 is 11.8 Å². The van der Waals surface area contributed by atoms with E-state index in [1.807, 2.05) is 11.8 Å². The number of aryl methyl sites for hydroxylation is 1. The second-order valence-electron chi connectivity index (χ2n) is 25.1. The zero-order valence-corrected chi connectivity index (χ0v) is 43.1. The molecule has 2 nitrogen and oxygen atoms in total. The summed E-state index contributed by atoms with van der Waals surface area (Å²) >= 11 is 1.94. The third kappa shape index (κ3) is 5.54. The first kappa shape index (κ1) is 42.4. The Bertz CT molecular complexity index is 3330. The number of hydrogen-bond acceptors (Lipinski definition) is 3. The van der Waals surface area contributed by atoms with Gasteiger partial charge in [-0.3, -0.25) is 0 Å². The van der Waals surface area contributed by atoms with E-state index >= 15 is 0 Å². The molecule has 344 valence electrons. The summed E-state index contributed by atoms with van der Waals surface area (Å²) in [6.07, 6.45) is 2.78. The fourth-order valence-corrected chi connectivity index (χ4v) is 17.3. The maximum Gasteiger partial charge on any atom is 0.252 e. The molecule has 0 radical (unpaired) electrons. The number of anilines is 6. The molecule has 2 aliphatic heterocycles. The lowest BCUT2D eigenvalue weighted by Crippen LogP contribution is -2.76. The second kappa shape index (κ2) is 14.1. The van der Waals surface area contributed by atoms with Gasteiger partial charge in [-0.1, -0.05) is 147 Å². The Balaban J connectivity index is 1.06. The van der Waals surface area contributed by atoms with E-state index in [2.05, 4.69) is 219 Å². The molecule has 0 N–H and O–H groups in total. The lowest BCUT2D eigenvalue weighted by Gasteiger charge is -2.79. The molecule has 7 unspecified atom stereocenters. The molecule has 0 amide bonds. The molecule has 0 bridgehead atoms. The monoisotopic (exact) mass is 916 g/mol. The van der Waals surface area contributed by atoms with Crippen LogP contribution in [-0.4, -0.2) is 6.71 Å². The van der Waals surface area contributed by atoms with Crippen molar-refractivity contribution in [2.75, 3.05) is 9.80 Å². The molecule has 7 aliphatic rings. The topological polar surface area (TPSA) is 6.48 Å². The zero-order valence-electron chi connectivity index (χ0n) is 42.2. The highest BCUT2D eigenvalue weighted by molar-refractivity contribution is 7.98. The van der Waals surface area contributed by atoms with Crippen LogP contribution in [0.15, 0.2) is 144 Å². The van der Waals surface area contributed by atoms with Crippen LogP contribution < -0.4 is 26.2 Å². The molecule has 7 aromatic carbocycles. The van der Waals surface area contributed by atoms with Crippen LogP contribution in [0.2, 0.25) is 0 Å². The van der Waals surface area contributed by atoms with E-state index in [4.69, 9.17) is 0 Å². The van der Waals surface area contributed by atoms with Crippen molar-refractivity contribution in [2.24, 2.45) is 35.5 Å². The van der Waals surface area contributed by atoms with E-state index in [-0.39, 0.29) is 28.4 Å². The highest BCUT2D eigenvalue weighted by Crippen LogP contribution is 2.84. The van der Waals surface area contributed by atoms with Gasteiger partial charge in [-0.15, -0.1) is 11.8 Å². The Kier molecular flexibility index (Phi) is 8.68. The van der Waals surface area contributed by atoms with Crippen molar-refractivity contribution in [3.8, 4) is 11.1 Å². The third-order valence-electron chi connectivity index (χ3n) is 19.0. The minimum absolute atomic E-state index is 0.00875. The first-order valence-corrected chi connectivity index (χ1v) is 27.1. The fourth-order valence-electron chi connectivity index (χ4n) is 16.4. The summed E-state index contributed by atoms with van der Waals surface area (Å²) in [6, 6.07) is 55.3. The minimum atomic E-state index is -0.0234. The molecule has 2 heterocycles. The minimum Gasteiger partial charge on any atom is -0.311 e. The van der Waals surface area contributed by atoms with Gasteiger partial charge in [0.25, 0.3) is 6.71 Å². The average molecular weight is 917 g/mol. The van der Waals surface area contributed by atoms with E-state index < -0.39 is 0 Å². The number of benzene rings is 7. The molecule has 7 aromatic rings. The van der Waals surface area contributed by atoms with E-state index in [1.165, 1.54) is 102 Å². The number of fused-ring (bicyclic) bond motifs is 6. The molecule has 4 heteroatoms. The summed E-state index contributed by atoms with van der Waals surface area (Å²) in [7, 11) is 0. The summed E-state index contributed by atoms with van der Waals surface area (Å²) in [5.74, 6) is 5.46. The van der Waals surface area contributed by atoms with Crippen molar-refractivity contribution in [3.05, 3.63) is 178 Å². The van der Waals surface area contributed by atoms with Crippen LogP contribution in [0.25, 0.3) is 11.1 Å². The first-order valence-electron chi connectivity index (χ1n) is 26.1. The highest BCUT2D eigenvalue weighted by atomic mass is 32.2. The van der Waals surface area contributed by atoms with Crippen LogP contribution in [-0.2, 0) is 27.4 Å². The first-order chi connectivity index (χ1) is 33.1. The fraction of sp³-hybridized carbons (Fsp3) is 0.354. The van der Waals surface area contributed by atoms with Crippen molar-refractivity contribution in [2.45, 2.75) is 114 Å². The molecular weight excluding hydrogens is 852 g/mol. The average Bonchev–Trinajstić information content (AvgIpc) is 3.62. The number of nitrogens with zero attached hydrogens (tertiary/aromatic N) is 2. The van der Waals surface area contributed by atoms with Crippen LogP contribution in [0.1, 0.15) is 114 Å². The second-order valence-corrected chi connectivity index (χ2v) is 26.2. The predicted molar refractivity (Wildman–Crippen MR) is 294 cm³/mol. The van der Waals surface area contributed by atoms with Crippen LogP contribution in [0.4, 0.5) is 34.1 Å². The zero-order chi connectivity index (χ0) is 47.3. The van der Waals surface area contributed by atoms with Crippen molar-refractivity contribution in [1.82, 2.24) is 0 Å². The number of hydrogen-bond donors (Lipinski definition) is 0. The van der Waals surface area contributed by atoms with Crippen LogP contribution in [0, 0.1) is 42.4 Å². The molecule has 3 fully saturated rings. The van der Waals surface area contributed by atoms with E-state index in [1.54, 1.807) is 16.7 Å². The Labute approximate surface area is 416 Å².